The number of aromatic nitrogens is 2. The van der Waals surface area contributed by atoms with E-state index in [0.717, 1.165) is 34.2 Å². The minimum Gasteiger partial charge on any atom is -0.461 e. The molecule has 0 fully saturated rings. The lowest BCUT2D eigenvalue weighted by atomic mass is 10.2. The monoisotopic (exact) mass is 274 g/mol. The maximum atomic E-state index is 6.10. The zero-order valence-electron chi connectivity index (χ0n) is 10.9. The Morgan fingerprint density at radius 3 is 2.84 bits per heavy atom. The highest BCUT2D eigenvalue weighted by Crippen LogP contribution is 2.28. The number of rotatable bonds is 3. The molecule has 0 amide bonds. The highest BCUT2D eigenvalue weighted by Gasteiger charge is 2.15. The van der Waals surface area contributed by atoms with Gasteiger partial charge in [-0.25, -0.2) is 4.98 Å². The number of benzene rings is 1. The lowest BCUT2D eigenvalue weighted by Gasteiger charge is -2.10. The lowest BCUT2D eigenvalue weighted by Crippen LogP contribution is -2.05. The highest BCUT2D eigenvalue weighted by atomic mass is 35.5. The number of fused-ring (bicyclic) bond motifs is 1. The predicted molar refractivity (Wildman–Crippen MR) is 77.3 cm³/mol. The second-order valence-electron chi connectivity index (χ2n) is 5.05. The smallest absolute Gasteiger partial charge is 0.177 e. The molecule has 0 saturated heterocycles. The Kier molecular flexibility index (Phi) is 3.07. The van der Waals surface area contributed by atoms with Crippen molar-refractivity contribution in [2.24, 2.45) is 5.92 Å². The number of hydrogen-bond acceptors (Lipinski definition) is 2. The topological polar surface area (TPSA) is 31.0 Å². The minimum atomic E-state index is 0.519. The molecule has 0 aliphatic carbocycles. The van der Waals surface area contributed by atoms with Crippen LogP contribution in [0, 0.1) is 5.92 Å². The van der Waals surface area contributed by atoms with E-state index in [1.165, 1.54) is 0 Å². The van der Waals surface area contributed by atoms with Gasteiger partial charge in [0, 0.05) is 11.6 Å². The van der Waals surface area contributed by atoms with E-state index in [2.05, 4.69) is 23.4 Å². The van der Waals surface area contributed by atoms with Crippen molar-refractivity contribution in [1.29, 1.82) is 0 Å². The largest absolute Gasteiger partial charge is 0.461 e. The molecule has 0 aliphatic rings. The molecule has 98 valence electrons. The molecule has 0 aliphatic heterocycles. The third kappa shape index (κ3) is 2.26. The van der Waals surface area contributed by atoms with Gasteiger partial charge in [-0.1, -0.05) is 25.4 Å². The van der Waals surface area contributed by atoms with Crippen molar-refractivity contribution in [2.75, 3.05) is 0 Å². The van der Waals surface area contributed by atoms with E-state index in [1.54, 1.807) is 6.26 Å². The van der Waals surface area contributed by atoms with Gasteiger partial charge in [-0.2, -0.15) is 0 Å². The molecule has 2 heterocycles. The number of imidazole rings is 1. The van der Waals surface area contributed by atoms with Crippen molar-refractivity contribution in [1.82, 2.24) is 9.55 Å². The Morgan fingerprint density at radius 1 is 1.32 bits per heavy atom. The highest BCUT2D eigenvalue weighted by molar-refractivity contribution is 6.31. The van der Waals surface area contributed by atoms with Crippen LogP contribution in [0.15, 0.2) is 41.0 Å². The van der Waals surface area contributed by atoms with E-state index in [-0.39, 0.29) is 0 Å². The molecule has 0 N–H and O–H groups in total. The molecule has 0 bridgehead atoms. The van der Waals surface area contributed by atoms with Crippen LogP contribution in [-0.4, -0.2) is 9.55 Å². The Bertz CT molecular complexity index is 698. The molecule has 4 heteroatoms. The van der Waals surface area contributed by atoms with Crippen LogP contribution >= 0.6 is 11.6 Å². The molecular formula is C15H15ClN2O. The number of hydrogen-bond donors (Lipinski definition) is 0. The average Bonchev–Trinajstić information content (AvgIpc) is 2.97. The van der Waals surface area contributed by atoms with Crippen LogP contribution in [0.5, 0.6) is 0 Å². The first-order valence-electron chi connectivity index (χ1n) is 6.35. The van der Waals surface area contributed by atoms with Crippen LogP contribution < -0.4 is 0 Å². The summed E-state index contributed by atoms with van der Waals surface area (Å²) in [6.07, 6.45) is 1.67. The van der Waals surface area contributed by atoms with Gasteiger partial charge in [-0.05, 0) is 36.2 Å². The molecule has 3 nitrogen and oxygen atoms in total. The van der Waals surface area contributed by atoms with Gasteiger partial charge in [0.2, 0.25) is 0 Å². The van der Waals surface area contributed by atoms with Gasteiger partial charge in [0.1, 0.15) is 0 Å². The standard InChI is InChI=1S/C15H15ClN2O/c1-10(2)9-18-13-8-11(16)5-6-12(13)17-15(18)14-4-3-7-19-14/h3-8,10H,9H2,1-2H3. The zero-order valence-corrected chi connectivity index (χ0v) is 11.7. The number of halogens is 1. The minimum absolute atomic E-state index is 0.519. The zero-order chi connectivity index (χ0) is 13.4. The summed E-state index contributed by atoms with van der Waals surface area (Å²) < 4.78 is 7.66. The summed E-state index contributed by atoms with van der Waals surface area (Å²) in [6, 6.07) is 9.57. The lowest BCUT2D eigenvalue weighted by molar-refractivity contribution is 0.522. The van der Waals surface area contributed by atoms with Gasteiger partial charge < -0.3 is 8.98 Å². The van der Waals surface area contributed by atoms with E-state index in [1.807, 2.05) is 30.3 Å². The fourth-order valence-electron chi connectivity index (χ4n) is 2.24. The van der Waals surface area contributed by atoms with E-state index in [4.69, 9.17) is 16.0 Å². The summed E-state index contributed by atoms with van der Waals surface area (Å²) in [5.41, 5.74) is 1.99. The average molecular weight is 275 g/mol. The first kappa shape index (κ1) is 12.3. The van der Waals surface area contributed by atoms with Crippen LogP contribution in [0.2, 0.25) is 5.02 Å². The second-order valence-corrected chi connectivity index (χ2v) is 5.49. The summed E-state index contributed by atoms with van der Waals surface area (Å²) in [4.78, 5) is 4.66. The van der Waals surface area contributed by atoms with Crippen molar-refractivity contribution < 1.29 is 4.42 Å². The van der Waals surface area contributed by atoms with Gasteiger partial charge in [0.25, 0.3) is 0 Å². The van der Waals surface area contributed by atoms with Gasteiger partial charge in [0.05, 0.1) is 17.3 Å². The summed E-state index contributed by atoms with van der Waals surface area (Å²) in [5, 5.41) is 0.725. The molecule has 3 rings (SSSR count). The molecule has 0 saturated carbocycles. The summed E-state index contributed by atoms with van der Waals surface area (Å²) in [5.74, 6) is 2.16. The predicted octanol–water partition coefficient (Wildman–Crippen LogP) is 4.61. The third-order valence-electron chi connectivity index (χ3n) is 3.00. The second kappa shape index (κ2) is 4.74. The van der Waals surface area contributed by atoms with Gasteiger partial charge in [0.15, 0.2) is 11.6 Å². The molecule has 19 heavy (non-hydrogen) atoms. The molecule has 0 radical (unpaired) electrons. The Labute approximate surface area is 116 Å². The fraction of sp³-hybridized carbons (Fsp3) is 0.267. The van der Waals surface area contributed by atoms with Crippen molar-refractivity contribution in [3.63, 3.8) is 0 Å². The fourth-order valence-corrected chi connectivity index (χ4v) is 2.41. The van der Waals surface area contributed by atoms with Gasteiger partial charge in [-0.3, -0.25) is 0 Å². The molecule has 0 unspecified atom stereocenters. The Hall–Kier alpha value is -1.74. The number of nitrogens with zero attached hydrogens (tertiary/aromatic N) is 2. The van der Waals surface area contributed by atoms with Crippen LogP contribution in [0.25, 0.3) is 22.6 Å². The Balaban J connectivity index is 2.25. The SMILES string of the molecule is CC(C)Cn1c(-c2ccco2)nc2ccc(Cl)cc21. The van der Waals surface area contributed by atoms with Crippen molar-refractivity contribution in [2.45, 2.75) is 20.4 Å². The maximum Gasteiger partial charge on any atom is 0.177 e. The number of furan rings is 1. The van der Waals surface area contributed by atoms with Gasteiger partial charge in [-0.15, -0.1) is 0 Å². The normalized spacial score (nSPS) is 11.6. The first-order chi connectivity index (χ1) is 9.15. The summed E-state index contributed by atoms with van der Waals surface area (Å²) >= 11 is 6.10. The first-order valence-corrected chi connectivity index (χ1v) is 6.72. The van der Waals surface area contributed by atoms with Gasteiger partial charge >= 0.3 is 0 Å². The van der Waals surface area contributed by atoms with Crippen LogP contribution in [0.1, 0.15) is 13.8 Å². The molecule has 3 aromatic rings. The molecule has 2 aromatic heterocycles. The van der Waals surface area contributed by atoms with E-state index in [0.29, 0.717) is 5.92 Å². The quantitative estimate of drug-likeness (QED) is 0.698. The Morgan fingerprint density at radius 2 is 2.16 bits per heavy atom. The van der Waals surface area contributed by atoms with E-state index in [9.17, 15) is 0 Å². The molecule has 0 atom stereocenters. The van der Waals surface area contributed by atoms with Crippen molar-refractivity contribution in [3.05, 3.63) is 41.6 Å². The molecular weight excluding hydrogens is 260 g/mol. The third-order valence-corrected chi connectivity index (χ3v) is 3.23. The van der Waals surface area contributed by atoms with Crippen molar-refractivity contribution >= 4 is 22.6 Å². The van der Waals surface area contributed by atoms with Crippen LogP contribution in [-0.2, 0) is 6.54 Å². The van der Waals surface area contributed by atoms with E-state index < -0.39 is 0 Å². The van der Waals surface area contributed by atoms with Crippen molar-refractivity contribution in [3.8, 4) is 11.6 Å². The summed E-state index contributed by atoms with van der Waals surface area (Å²) in [7, 11) is 0. The maximum absolute atomic E-state index is 6.10. The van der Waals surface area contributed by atoms with Crippen LogP contribution in [0.3, 0.4) is 0 Å². The van der Waals surface area contributed by atoms with E-state index >= 15 is 0 Å². The molecule has 0 spiro atoms. The summed E-state index contributed by atoms with van der Waals surface area (Å²) in [6.45, 7) is 5.25. The molecule has 1 aromatic carbocycles. The van der Waals surface area contributed by atoms with Crippen LogP contribution in [0.4, 0.5) is 0 Å².